The van der Waals surface area contributed by atoms with E-state index in [2.05, 4.69) is 25.5 Å². The van der Waals surface area contributed by atoms with Crippen LogP contribution in [-0.4, -0.2) is 15.0 Å². The van der Waals surface area contributed by atoms with Crippen molar-refractivity contribution in [3.8, 4) is 0 Å². The number of benzene rings is 1. The maximum absolute atomic E-state index is 11.8. The first kappa shape index (κ1) is 14.2. The molecule has 3 nitrogen and oxygen atoms in total. The summed E-state index contributed by atoms with van der Waals surface area (Å²) in [6.07, 6.45) is 0.864. The van der Waals surface area contributed by atoms with Gasteiger partial charge in [0.1, 0.15) is 0 Å². The van der Waals surface area contributed by atoms with Gasteiger partial charge in [0.15, 0.2) is 0 Å². The average Bonchev–Trinajstić information content (AvgIpc) is 2.15. The lowest BCUT2D eigenvalue weighted by atomic mass is 9.88. The number of hydrogen-bond acceptors (Lipinski definition) is 2. The summed E-state index contributed by atoms with van der Waals surface area (Å²) in [6.45, 7) is 8.60. The molecule has 0 aliphatic carbocycles. The lowest BCUT2D eigenvalue weighted by Crippen LogP contribution is -2.23. The van der Waals surface area contributed by atoms with E-state index < -0.39 is 10.0 Å². The molecule has 0 amide bonds. The molecule has 0 bridgehead atoms. The molecule has 17 heavy (non-hydrogen) atoms. The summed E-state index contributed by atoms with van der Waals surface area (Å²) in [6, 6.07) is 7.15. The van der Waals surface area contributed by atoms with E-state index in [0.29, 0.717) is 11.4 Å². The van der Waals surface area contributed by atoms with E-state index in [9.17, 15) is 8.42 Å². The van der Waals surface area contributed by atoms with Crippen LogP contribution in [0.2, 0.25) is 0 Å². The summed E-state index contributed by atoms with van der Waals surface area (Å²) in [5, 5.41) is 0. The third kappa shape index (κ3) is 4.48. The number of hydrogen-bond donors (Lipinski definition) is 1. The number of nitrogens with one attached hydrogen (secondary N) is 1. The fourth-order valence-electron chi connectivity index (χ4n) is 1.71. The van der Waals surface area contributed by atoms with Crippen LogP contribution in [0.3, 0.4) is 0 Å². The van der Waals surface area contributed by atoms with Gasteiger partial charge < -0.3 is 0 Å². The second-order valence-electron chi connectivity index (χ2n) is 5.39. The molecule has 0 atom stereocenters. The van der Waals surface area contributed by atoms with Gasteiger partial charge in [-0.25, -0.2) is 13.1 Å². The first-order valence-corrected chi connectivity index (χ1v) is 7.31. The predicted octanol–water partition coefficient (Wildman–Crippen LogP) is 2.57. The molecule has 1 aromatic carbocycles. The molecule has 0 aliphatic heterocycles. The van der Waals surface area contributed by atoms with Crippen LogP contribution in [-0.2, 0) is 16.4 Å². The molecule has 1 rings (SSSR count). The zero-order valence-corrected chi connectivity index (χ0v) is 11.8. The van der Waals surface area contributed by atoms with E-state index in [1.807, 2.05) is 6.07 Å². The average molecular weight is 255 g/mol. The highest BCUT2D eigenvalue weighted by Gasteiger charge is 2.15. The summed E-state index contributed by atoms with van der Waals surface area (Å²) in [4.78, 5) is 0.348. The molecule has 0 fully saturated rings. The minimum Gasteiger partial charge on any atom is -0.211 e. The van der Waals surface area contributed by atoms with Crippen LogP contribution in [0.1, 0.15) is 33.3 Å². The Labute approximate surface area is 104 Å². The van der Waals surface area contributed by atoms with Crippen molar-refractivity contribution in [2.45, 2.75) is 39.0 Å². The minimum absolute atomic E-state index is 0.153. The van der Waals surface area contributed by atoms with Gasteiger partial charge >= 0.3 is 0 Å². The highest BCUT2D eigenvalue weighted by molar-refractivity contribution is 7.89. The SMILES string of the molecule is CCNS(=O)(=O)c1cccc(CC(C)(C)C)c1. The zero-order chi connectivity index (χ0) is 13.1. The van der Waals surface area contributed by atoms with Gasteiger partial charge in [0.2, 0.25) is 10.0 Å². The van der Waals surface area contributed by atoms with Gasteiger partial charge in [-0.3, -0.25) is 0 Å². The van der Waals surface area contributed by atoms with Gasteiger partial charge in [-0.15, -0.1) is 0 Å². The number of sulfonamides is 1. The second-order valence-corrected chi connectivity index (χ2v) is 7.15. The van der Waals surface area contributed by atoms with Crippen molar-refractivity contribution in [1.29, 1.82) is 0 Å². The molecule has 96 valence electrons. The van der Waals surface area contributed by atoms with E-state index in [4.69, 9.17) is 0 Å². The third-order valence-electron chi connectivity index (χ3n) is 2.28. The van der Waals surface area contributed by atoms with E-state index in [1.54, 1.807) is 25.1 Å². The van der Waals surface area contributed by atoms with Crippen molar-refractivity contribution < 1.29 is 8.42 Å². The van der Waals surface area contributed by atoms with Crippen molar-refractivity contribution in [3.63, 3.8) is 0 Å². The molecule has 0 radical (unpaired) electrons. The molecular formula is C13H21NO2S. The largest absolute Gasteiger partial charge is 0.240 e. The van der Waals surface area contributed by atoms with Crippen molar-refractivity contribution in [2.75, 3.05) is 6.54 Å². The highest BCUT2D eigenvalue weighted by Crippen LogP contribution is 2.22. The minimum atomic E-state index is -3.34. The third-order valence-corrected chi connectivity index (χ3v) is 3.82. The molecule has 0 aliphatic rings. The Balaban J connectivity index is 3.02. The Kier molecular flexibility index (Phi) is 4.33. The summed E-state index contributed by atoms with van der Waals surface area (Å²) >= 11 is 0. The molecule has 0 saturated carbocycles. The fourth-order valence-corrected chi connectivity index (χ4v) is 2.82. The molecule has 0 spiro atoms. The highest BCUT2D eigenvalue weighted by atomic mass is 32.2. The normalized spacial score (nSPS) is 12.7. The van der Waals surface area contributed by atoms with Crippen molar-refractivity contribution in [3.05, 3.63) is 29.8 Å². The van der Waals surface area contributed by atoms with Gasteiger partial charge in [0.05, 0.1) is 4.90 Å². The van der Waals surface area contributed by atoms with Gasteiger partial charge in [-0.1, -0.05) is 39.8 Å². The molecule has 0 heterocycles. The van der Waals surface area contributed by atoms with Gasteiger partial charge in [0.25, 0.3) is 0 Å². The molecule has 0 saturated heterocycles. The Morgan fingerprint density at radius 3 is 2.41 bits per heavy atom. The van der Waals surface area contributed by atoms with Crippen molar-refractivity contribution >= 4 is 10.0 Å². The quantitative estimate of drug-likeness (QED) is 0.899. The van der Waals surface area contributed by atoms with Crippen LogP contribution in [0.25, 0.3) is 0 Å². The molecule has 0 aromatic heterocycles. The van der Waals surface area contributed by atoms with Crippen LogP contribution in [0.5, 0.6) is 0 Å². The summed E-state index contributed by atoms with van der Waals surface area (Å²) in [5.41, 5.74) is 1.21. The Hall–Kier alpha value is -0.870. The molecule has 4 heteroatoms. The first-order valence-electron chi connectivity index (χ1n) is 5.83. The maximum atomic E-state index is 11.8. The Morgan fingerprint density at radius 2 is 1.88 bits per heavy atom. The van der Waals surface area contributed by atoms with E-state index >= 15 is 0 Å². The molecular weight excluding hydrogens is 234 g/mol. The maximum Gasteiger partial charge on any atom is 0.240 e. The van der Waals surface area contributed by atoms with Crippen LogP contribution in [0, 0.1) is 5.41 Å². The summed E-state index contributed by atoms with van der Waals surface area (Å²) in [7, 11) is -3.34. The summed E-state index contributed by atoms with van der Waals surface area (Å²) in [5.74, 6) is 0. The predicted molar refractivity (Wildman–Crippen MR) is 70.5 cm³/mol. The van der Waals surface area contributed by atoms with E-state index in [-0.39, 0.29) is 5.41 Å². The summed E-state index contributed by atoms with van der Waals surface area (Å²) < 4.78 is 26.2. The van der Waals surface area contributed by atoms with Gasteiger partial charge in [0, 0.05) is 6.54 Å². The Morgan fingerprint density at radius 1 is 1.24 bits per heavy atom. The molecule has 1 aromatic rings. The van der Waals surface area contributed by atoms with Gasteiger partial charge in [-0.2, -0.15) is 0 Å². The molecule has 0 unspecified atom stereocenters. The van der Waals surface area contributed by atoms with Crippen LogP contribution >= 0.6 is 0 Å². The lowest BCUT2D eigenvalue weighted by Gasteiger charge is -2.18. The monoisotopic (exact) mass is 255 g/mol. The smallest absolute Gasteiger partial charge is 0.211 e. The van der Waals surface area contributed by atoms with E-state index in [0.717, 1.165) is 12.0 Å². The van der Waals surface area contributed by atoms with Crippen LogP contribution < -0.4 is 4.72 Å². The van der Waals surface area contributed by atoms with Crippen molar-refractivity contribution in [1.82, 2.24) is 4.72 Å². The second kappa shape index (κ2) is 5.19. The van der Waals surface area contributed by atoms with Crippen molar-refractivity contribution in [2.24, 2.45) is 5.41 Å². The van der Waals surface area contributed by atoms with Crippen LogP contribution in [0.4, 0.5) is 0 Å². The fraction of sp³-hybridized carbons (Fsp3) is 0.538. The van der Waals surface area contributed by atoms with Crippen LogP contribution in [0.15, 0.2) is 29.2 Å². The topological polar surface area (TPSA) is 46.2 Å². The lowest BCUT2D eigenvalue weighted by molar-refractivity contribution is 0.411. The Bertz CT molecular complexity index is 472. The first-order chi connectivity index (χ1) is 7.74. The van der Waals surface area contributed by atoms with E-state index in [1.165, 1.54) is 0 Å². The zero-order valence-electron chi connectivity index (χ0n) is 10.9. The van der Waals surface area contributed by atoms with Gasteiger partial charge in [-0.05, 0) is 29.5 Å². The standard InChI is InChI=1S/C13H21NO2S/c1-5-14-17(15,16)12-8-6-7-11(9-12)10-13(2,3)4/h6-9,14H,5,10H2,1-4H3. The number of rotatable bonds is 4. The molecule has 1 N–H and O–H groups in total.